The van der Waals surface area contributed by atoms with E-state index in [9.17, 15) is 5.11 Å². The molecule has 1 aliphatic carbocycles. The molecule has 1 rings (SSSR count). The maximum absolute atomic E-state index is 9.62. The van der Waals surface area contributed by atoms with Crippen molar-refractivity contribution in [2.45, 2.75) is 37.3 Å². The molecule has 4 nitrogen and oxygen atoms in total. The molecule has 0 saturated heterocycles. The third-order valence-electron chi connectivity index (χ3n) is 2.66. The normalized spacial score (nSPS) is 40.6. The topological polar surface area (TPSA) is 47.9 Å². The summed E-state index contributed by atoms with van der Waals surface area (Å²) in [5, 5.41) is 9.62. The second-order valence-corrected chi connectivity index (χ2v) is 3.32. The minimum atomic E-state index is -0.443. The predicted molar refractivity (Wildman–Crippen MR) is 47.6 cm³/mol. The van der Waals surface area contributed by atoms with E-state index in [0.29, 0.717) is 6.42 Å². The fourth-order valence-electron chi connectivity index (χ4n) is 1.92. The number of aliphatic hydroxyl groups is 1. The summed E-state index contributed by atoms with van der Waals surface area (Å²) in [6.07, 6.45) is 0.662. The molecule has 0 spiro atoms. The van der Waals surface area contributed by atoms with Gasteiger partial charge in [0.2, 0.25) is 0 Å². The first-order valence-electron chi connectivity index (χ1n) is 4.51. The fraction of sp³-hybridized carbons (Fsp3) is 1.00. The van der Waals surface area contributed by atoms with Crippen molar-refractivity contribution < 1.29 is 19.3 Å². The summed E-state index contributed by atoms with van der Waals surface area (Å²) in [5.74, 6) is 0. The Morgan fingerprint density at radius 3 is 2.00 bits per heavy atom. The van der Waals surface area contributed by atoms with Gasteiger partial charge in [-0.1, -0.05) is 0 Å². The summed E-state index contributed by atoms with van der Waals surface area (Å²) < 4.78 is 15.7. The molecule has 1 N–H and O–H groups in total. The van der Waals surface area contributed by atoms with E-state index in [1.165, 1.54) is 0 Å². The molecule has 4 heteroatoms. The number of rotatable bonds is 3. The van der Waals surface area contributed by atoms with Gasteiger partial charge in [0, 0.05) is 21.3 Å². The number of hydrogen-bond donors (Lipinski definition) is 1. The van der Waals surface area contributed by atoms with Gasteiger partial charge < -0.3 is 19.3 Å². The summed E-state index contributed by atoms with van der Waals surface area (Å²) in [6.45, 7) is 0. The van der Waals surface area contributed by atoms with Gasteiger partial charge in [-0.05, 0) is 12.8 Å². The molecule has 0 radical (unpaired) electrons. The predicted octanol–water partition coefficient (Wildman–Crippen LogP) is 0.186. The Kier molecular flexibility index (Phi) is 4.12. The highest BCUT2D eigenvalue weighted by Gasteiger charge is 2.39. The Bertz CT molecular complexity index is 151. The van der Waals surface area contributed by atoms with E-state index in [0.717, 1.165) is 6.42 Å². The van der Waals surface area contributed by atoms with Crippen LogP contribution in [0.3, 0.4) is 0 Å². The maximum Gasteiger partial charge on any atom is 0.112 e. The van der Waals surface area contributed by atoms with Crippen LogP contribution in [0, 0.1) is 0 Å². The lowest BCUT2D eigenvalue weighted by atomic mass is 9.89. The summed E-state index contributed by atoms with van der Waals surface area (Å²) in [5.41, 5.74) is 0. The van der Waals surface area contributed by atoms with Crippen LogP contribution in [0.15, 0.2) is 0 Å². The van der Waals surface area contributed by atoms with Gasteiger partial charge in [-0.25, -0.2) is 0 Å². The van der Waals surface area contributed by atoms with E-state index in [-0.39, 0.29) is 18.3 Å². The first-order valence-corrected chi connectivity index (χ1v) is 4.51. The molecule has 4 unspecified atom stereocenters. The van der Waals surface area contributed by atoms with Crippen LogP contribution in [0.25, 0.3) is 0 Å². The van der Waals surface area contributed by atoms with E-state index in [4.69, 9.17) is 14.2 Å². The molecule has 4 atom stereocenters. The molecule has 0 aliphatic heterocycles. The van der Waals surface area contributed by atoms with E-state index < -0.39 is 6.10 Å². The van der Waals surface area contributed by atoms with Gasteiger partial charge in [0.05, 0.1) is 12.2 Å². The van der Waals surface area contributed by atoms with Gasteiger partial charge in [0.1, 0.15) is 12.2 Å². The SMILES string of the molecule is COC1CCC(O)C(OC)C1OC. The fourth-order valence-corrected chi connectivity index (χ4v) is 1.92. The minimum absolute atomic E-state index is 0.0262. The van der Waals surface area contributed by atoms with Crippen LogP contribution >= 0.6 is 0 Å². The summed E-state index contributed by atoms with van der Waals surface area (Å²) >= 11 is 0. The maximum atomic E-state index is 9.62. The van der Waals surface area contributed by atoms with Crippen molar-refractivity contribution in [3.63, 3.8) is 0 Å². The first kappa shape index (κ1) is 10.9. The van der Waals surface area contributed by atoms with Crippen molar-refractivity contribution in [1.29, 1.82) is 0 Å². The monoisotopic (exact) mass is 190 g/mol. The molecule has 1 saturated carbocycles. The van der Waals surface area contributed by atoms with Crippen LogP contribution in [-0.4, -0.2) is 50.9 Å². The van der Waals surface area contributed by atoms with Crippen LogP contribution in [0.5, 0.6) is 0 Å². The molecule has 1 fully saturated rings. The molecule has 0 bridgehead atoms. The highest BCUT2D eigenvalue weighted by molar-refractivity contribution is 4.90. The van der Waals surface area contributed by atoms with Crippen LogP contribution in [0.4, 0.5) is 0 Å². The average molecular weight is 190 g/mol. The molecule has 0 aromatic rings. The molecule has 13 heavy (non-hydrogen) atoms. The Hall–Kier alpha value is -0.160. The smallest absolute Gasteiger partial charge is 0.112 e. The van der Waals surface area contributed by atoms with Gasteiger partial charge >= 0.3 is 0 Å². The van der Waals surface area contributed by atoms with E-state index in [2.05, 4.69) is 0 Å². The van der Waals surface area contributed by atoms with Crippen LogP contribution < -0.4 is 0 Å². The lowest BCUT2D eigenvalue weighted by Crippen LogP contribution is -2.51. The van der Waals surface area contributed by atoms with Crippen molar-refractivity contribution in [3.05, 3.63) is 0 Å². The minimum Gasteiger partial charge on any atom is -0.390 e. The zero-order valence-corrected chi connectivity index (χ0v) is 8.40. The number of ether oxygens (including phenoxy) is 3. The third-order valence-corrected chi connectivity index (χ3v) is 2.66. The second kappa shape index (κ2) is 4.91. The molecule has 0 amide bonds. The van der Waals surface area contributed by atoms with Crippen LogP contribution in [0.2, 0.25) is 0 Å². The molecular formula is C9H18O4. The molecule has 0 heterocycles. The van der Waals surface area contributed by atoms with Crippen molar-refractivity contribution in [1.82, 2.24) is 0 Å². The van der Waals surface area contributed by atoms with Crippen molar-refractivity contribution in [2.24, 2.45) is 0 Å². The van der Waals surface area contributed by atoms with Gasteiger partial charge in [-0.2, -0.15) is 0 Å². The number of hydrogen-bond acceptors (Lipinski definition) is 4. The van der Waals surface area contributed by atoms with Crippen molar-refractivity contribution in [2.75, 3.05) is 21.3 Å². The Morgan fingerprint density at radius 1 is 0.923 bits per heavy atom. The van der Waals surface area contributed by atoms with E-state index in [1.807, 2.05) is 0 Å². The number of methoxy groups -OCH3 is 3. The molecular weight excluding hydrogens is 172 g/mol. The molecule has 0 aromatic heterocycles. The van der Waals surface area contributed by atoms with Crippen molar-refractivity contribution >= 4 is 0 Å². The van der Waals surface area contributed by atoms with Crippen LogP contribution in [0.1, 0.15) is 12.8 Å². The quantitative estimate of drug-likeness (QED) is 0.690. The first-order chi connectivity index (χ1) is 6.24. The third kappa shape index (κ3) is 2.20. The van der Waals surface area contributed by atoms with Crippen molar-refractivity contribution in [3.8, 4) is 0 Å². The van der Waals surface area contributed by atoms with Gasteiger partial charge in [0.25, 0.3) is 0 Å². The summed E-state index contributed by atoms with van der Waals surface area (Å²) in [7, 11) is 4.85. The highest BCUT2D eigenvalue weighted by atomic mass is 16.6. The summed E-state index contributed by atoms with van der Waals surface area (Å²) in [6, 6.07) is 0. The van der Waals surface area contributed by atoms with Gasteiger partial charge in [-0.15, -0.1) is 0 Å². The Labute approximate surface area is 78.8 Å². The number of aliphatic hydroxyl groups excluding tert-OH is 1. The second-order valence-electron chi connectivity index (χ2n) is 3.32. The highest BCUT2D eigenvalue weighted by Crippen LogP contribution is 2.25. The van der Waals surface area contributed by atoms with Crippen LogP contribution in [-0.2, 0) is 14.2 Å². The van der Waals surface area contributed by atoms with E-state index in [1.54, 1.807) is 21.3 Å². The average Bonchev–Trinajstić information content (AvgIpc) is 2.17. The zero-order chi connectivity index (χ0) is 9.84. The Balaban J connectivity index is 2.64. The van der Waals surface area contributed by atoms with Gasteiger partial charge in [0.15, 0.2) is 0 Å². The molecule has 78 valence electrons. The van der Waals surface area contributed by atoms with E-state index >= 15 is 0 Å². The van der Waals surface area contributed by atoms with Gasteiger partial charge in [-0.3, -0.25) is 0 Å². The Morgan fingerprint density at radius 2 is 1.54 bits per heavy atom. The molecule has 1 aliphatic rings. The lowest BCUT2D eigenvalue weighted by Gasteiger charge is -2.38. The zero-order valence-electron chi connectivity index (χ0n) is 8.40. The standard InChI is InChI=1S/C9H18O4/c1-11-7-5-4-6(10)8(12-2)9(7)13-3/h6-10H,4-5H2,1-3H3. The molecule has 0 aromatic carbocycles. The largest absolute Gasteiger partial charge is 0.390 e. The summed E-state index contributed by atoms with van der Waals surface area (Å²) in [4.78, 5) is 0. The lowest BCUT2D eigenvalue weighted by molar-refractivity contribution is -0.167.